The van der Waals surface area contributed by atoms with E-state index < -0.39 is 12.0 Å². The van der Waals surface area contributed by atoms with Gasteiger partial charge in [-0.25, -0.2) is 4.79 Å². The highest BCUT2D eigenvalue weighted by molar-refractivity contribution is 6.33. The molecule has 0 spiro atoms. The number of rotatable bonds is 2. The highest BCUT2D eigenvalue weighted by Crippen LogP contribution is 2.26. The monoisotopic (exact) mass is 268 g/mol. The number of aliphatic carboxylic acids is 1. The molecule has 1 fully saturated rings. The predicted octanol–water partition coefficient (Wildman–Crippen LogP) is 1.12. The van der Waals surface area contributed by atoms with E-state index in [0.717, 1.165) is 5.69 Å². The molecule has 1 saturated heterocycles. The lowest BCUT2D eigenvalue weighted by Crippen LogP contribution is -2.45. The third-order valence-electron chi connectivity index (χ3n) is 2.84. The molecule has 1 heterocycles. The van der Waals surface area contributed by atoms with Crippen LogP contribution in [0.3, 0.4) is 0 Å². The van der Waals surface area contributed by atoms with E-state index in [4.69, 9.17) is 16.7 Å². The minimum Gasteiger partial charge on any atom is -0.480 e. The number of anilines is 1. The van der Waals surface area contributed by atoms with E-state index in [1.54, 1.807) is 6.07 Å². The Balaban J connectivity index is 2.25. The molecule has 0 aromatic heterocycles. The minimum absolute atomic E-state index is 0.213. The number of hydrogen-bond donors (Lipinski definition) is 2. The maximum atomic E-state index is 11.4. The second-order valence-electron chi connectivity index (χ2n) is 4.11. The van der Waals surface area contributed by atoms with Crippen LogP contribution in [0.1, 0.15) is 6.42 Å². The normalized spacial score (nSPS) is 20.2. The number of nitrogens with one attached hydrogen (secondary N) is 1. The standard InChI is InChI=1S/C12H13ClN2O3/c13-8-3-1-2-4-10(8)15-6-5-11(16)14-9(7-15)12(17)18/h1-4,9H,5-7H2,(H,14,16)(H,17,18). The molecule has 0 radical (unpaired) electrons. The number of carboxylic acid groups (broad SMARTS) is 1. The molecule has 1 amide bonds. The lowest BCUT2D eigenvalue weighted by molar-refractivity contribution is -0.141. The fraction of sp³-hybridized carbons (Fsp3) is 0.333. The number of hydrogen-bond acceptors (Lipinski definition) is 3. The average Bonchev–Trinajstić information content (AvgIpc) is 2.52. The summed E-state index contributed by atoms with van der Waals surface area (Å²) < 4.78 is 0. The number of nitrogens with zero attached hydrogens (tertiary/aromatic N) is 1. The Hall–Kier alpha value is -1.75. The fourth-order valence-corrected chi connectivity index (χ4v) is 2.18. The highest BCUT2D eigenvalue weighted by atomic mass is 35.5. The molecule has 0 aliphatic carbocycles. The van der Waals surface area contributed by atoms with Crippen LogP contribution in [0.15, 0.2) is 24.3 Å². The first-order chi connectivity index (χ1) is 8.58. The van der Waals surface area contributed by atoms with E-state index in [2.05, 4.69) is 5.32 Å². The Morgan fingerprint density at radius 3 is 2.83 bits per heavy atom. The van der Waals surface area contributed by atoms with E-state index in [0.29, 0.717) is 11.6 Å². The predicted molar refractivity (Wildman–Crippen MR) is 67.8 cm³/mol. The van der Waals surface area contributed by atoms with Gasteiger partial charge >= 0.3 is 5.97 Å². The summed E-state index contributed by atoms with van der Waals surface area (Å²) in [6, 6.07) is 6.29. The van der Waals surface area contributed by atoms with Gasteiger partial charge in [0.1, 0.15) is 6.04 Å². The van der Waals surface area contributed by atoms with Crippen molar-refractivity contribution in [3.63, 3.8) is 0 Å². The van der Waals surface area contributed by atoms with Crippen LogP contribution in [0.5, 0.6) is 0 Å². The zero-order chi connectivity index (χ0) is 13.1. The van der Waals surface area contributed by atoms with Gasteiger partial charge in [0.05, 0.1) is 10.7 Å². The largest absolute Gasteiger partial charge is 0.480 e. The molecule has 18 heavy (non-hydrogen) atoms. The van der Waals surface area contributed by atoms with Crippen LogP contribution in [-0.4, -0.2) is 36.1 Å². The number of para-hydroxylation sites is 1. The van der Waals surface area contributed by atoms with Gasteiger partial charge in [0, 0.05) is 19.5 Å². The Labute approximate surface area is 109 Å². The summed E-state index contributed by atoms with van der Waals surface area (Å²) in [5, 5.41) is 12.1. The van der Waals surface area contributed by atoms with Gasteiger partial charge < -0.3 is 15.3 Å². The second kappa shape index (κ2) is 5.27. The number of carbonyl (C=O) groups excluding carboxylic acids is 1. The first-order valence-electron chi connectivity index (χ1n) is 5.59. The van der Waals surface area contributed by atoms with Crippen LogP contribution in [0.4, 0.5) is 5.69 Å². The number of carboxylic acids is 1. The van der Waals surface area contributed by atoms with Gasteiger partial charge in [-0.15, -0.1) is 0 Å². The zero-order valence-electron chi connectivity index (χ0n) is 9.60. The van der Waals surface area contributed by atoms with Gasteiger partial charge in [0.25, 0.3) is 0 Å². The van der Waals surface area contributed by atoms with E-state index >= 15 is 0 Å². The molecule has 96 valence electrons. The van der Waals surface area contributed by atoms with E-state index in [1.807, 2.05) is 23.1 Å². The van der Waals surface area contributed by atoms with Crippen LogP contribution in [0.2, 0.25) is 5.02 Å². The summed E-state index contributed by atoms with van der Waals surface area (Å²) >= 11 is 6.08. The quantitative estimate of drug-likeness (QED) is 0.843. The summed E-state index contributed by atoms with van der Waals surface area (Å²) in [6.45, 7) is 0.671. The molecule has 6 heteroatoms. The van der Waals surface area contributed by atoms with Crippen LogP contribution in [-0.2, 0) is 9.59 Å². The van der Waals surface area contributed by atoms with Crippen molar-refractivity contribution in [3.8, 4) is 0 Å². The third kappa shape index (κ3) is 2.73. The lowest BCUT2D eigenvalue weighted by Gasteiger charge is -2.25. The summed E-state index contributed by atoms with van der Waals surface area (Å²) in [5.74, 6) is -1.29. The Bertz CT molecular complexity index is 478. The summed E-state index contributed by atoms with van der Waals surface area (Å²) in [5.41, 5.74) is 0.752. The molecule has 2 N–H and O–H groups in total. The molecule has 1 aliphatic heterocycles. The molecule has 1 atom stereocenters. The van der Waals surface area contributed by atoms with Crippen LogP contribution < -0.4 is 10.2 Å². The molecule has 2 rings (SSSR count). The number of benzene rings is 1. The van der Waals surface area contributed by atoms with Crippen molar-refractivity contribution in [2.24, 2.45) is 0 Å². The molecule has 0 saturated carbocycles. The lowest BCUT2D eigenvalue weighted by atomic mass is 10.2. The summed E-state index contributed by atoms with van der Waals surface area (Å²) in [6.07, 6.45) is 0.259. The minimum atomic E-state index is -1.04. The van der Waals surface area contributed by atoms with Crippen molar-refractivity contribution in [2.75, 3.05) is 18.0 Å². The van der Waals surface area contributed by atoms with E-state index in [9.17, 15) is 9.59 Å². The van der Waals surface area contributed by atoms with Gasteiger partial charge in [0.2, 0.25) is 5.91 Å². The molecular weight excluding hydrogens is 256 g/mol. The van der Waals surface area contributed by atoms with Crippen molar-refractivity contribution < 1.29 is 14.7 Å². The zero-order valence-corrected chi connectivity index (χ0v) is 10.4. The smallest absolute Gasteiger partial charge is 0.328 e. The Morgan fingerprint density at radius 2 is 2.17 bits per heavy atom. The third-order valence-corrected chi connectivity index (χ3v) is 3.16. The van der Waals surface area contributed by atoms with Crippen molar-refractivity contribution in [1.82, 2.24) is 5.32 Å². The highest BCUT2D eigenvalue weighted by Gasteiger charge is 2.27. The maximum Gasteiger partial charge on any atom is 0.328 e. The molecule has 1 aromatic carbocycles. The molecular formula is C12H13ClN2O3. The maximum absolute atomic E-state index is 11.4. The van der Waals surface area contributed by atoms with Gasteiger partial charge in [-0.05, 0) is 12.1 Å². The molecule has 1 unspecified atom stereocenters. The summed E-state index contributed by atoms with van der Waals surface area (Å²) in [7, 11) is 0. The SMILES string of the molecule is O=C1CCN(c2ccccc2Cl)CC(C(=O)O)N1. The number of amides is 1. The van der Waals surface area contributed by atoms with Crippen LogP contribution in [0.25, 0.3) is 0 Å². The summed E-state index contributed by atoms with van der Waals surface area (Å²) in [4.78, 5) is 24.3. The first kappa shape index (κ1) is 12.7. The van der Waals surface area contributed by atoms with Crippen molar-refractivity contribution in [1.29, 1.82) is 0 Å². The van der Waals surface area contributed by atoms with Gasteiger partial charge in [-0.1, -0.05) is 23.7 Å². The van der Waals surface area contributed by atoms with Crippen molar-refractivity contribution >= 4 is 29.2 Å². The fourth-order valence-electron chi connectivity index (χ4n) is 1.93. The number of carbonyl (C=O) groups is 2. The Kier molecular flexibility index (Phi) is 3.72. The second-order valence-corrected chi connectivity index (χ2v) is 4.51. The molecule has 0 bridgehead atoms. The van der Waals surface area contributed by atoms with E-state index in [1.165, 1.54) is 0 Å². The molecule has 1 aliphatic rings. The topological polar surface area (TPSA) is 69.6 Å². The van der Waals surface area contributed by atoms with Crippen LogP contribution in [0, 0.1) is 0 Å². The Morgan fingerprint density at radius 1 is 1.44 bits per heavy atom. The van der Waals surface area contributed by atoms with Gasteiger partial charge in [-0.3, -0.25) is 4.79 Å². The number of halogens is 1. The van der Waals surface area contributed by atoms with Gasteiger partial charge in [0.15, 0.2) is 0 Å². The molecule has 1 aromatic rings. The van der Waals surface area contributed by atoms with Crippen molar-refractivity contribution in [3.05, 3.63) is 29.3 Å². The molecule has 5 nitrogen and oxygen atoms in total. The van der Waals surface area contributed by atoms with Crippen LogP contribution >= 0.6 is 11.6 Å². The van der Waals surface area contributed by atoms with E-state index in [-0.39, 0.29) is 18.9 Å². The average molecular weight is 269 g/mol. The first-order valence-corrected chi connectivity index (χ1v) is 5.97. The van der Waals surface area contributed by atoms with Gasteiger partial charge in [-0.2, -0.15) is 0 Å². The van der Waals surface area contributed by atoms with Crippen molar-refractivity contribution in [2.45, 2.75) is 12.5 Å².